The first-order valence-corrected chi connectivity index (χ1v) is 9.60. The van der Waals surface area contributed by atoms with Gasteiger partial charge in [0.1, 0.15) is 0 Å². The van der Waals surface area contributed by atoms with Crippen LogP contribution in [0.1, 0.15) is 65.2 Å². The molecule has 2 aliphatic carbocycles. The SMILES string of the molecule is CNC1CC(C)CC(C)C1CN1CCCC2CCCCC21. The molecule has 122 valence electrons. The molecule has 1 aliphatic heterocycles. The molecule has 1 heterocycles. The Morgan fingerprint density at radius 2 is 1.76 bits per heavy atom. The average Bonchev–Trinajstić information content (AvgIpc) is 2.50. The summed E-state index contributed by atoms with van der Waals surface area (Å²) in [4.78, 5) is 2.91. The molecule has 0 bridgehead atoms. The first-order valence-electron chi connectivity index (χ1n) is 9.60. The lowest BCUT2D eigenvalue weighted by Crippen LogP contribution is -2.53. The third kappa shape index (κ3) is 3.47. The van der Waals surface area contributed by atoms with Crippen molar-refractivity contribution in [3.63, 3.8) is 0 Å². The molecule has 2 heteroatoms. The second-order valence-electron chi connectivity index (χ2n) is 8.36. The Kier molecular flexibility index (Phi) is 5.27. The average molecular weight is 293 g/mol. The van der Waals surface area contributed by atoms with E-state index in [1.54, 1.807) is 0 Å². The molecule has 2 nitrogen and oxygen atoms in total. The number of nitrogens with one attached hydrogen (secondary N) is 1. The number of nitrogens with zero attached hydrogens (tertiary/aromatic N) is 1. The number of rotatable bonds is 3. The van der Waals surface area contributed by atoms with Gasteiger partial charge in [-0.05, 0) is 75.8 Å². The Morgan fingerprint density at radius 1 is 1.00 bits per heavy atom. The molecule has 0 aromatic heterocycles. The molecule has 6 atom stereocenters. The van der Waals surface area contributed by atoms with Crippen molar-refractivity contribution in [2.75, 3.05) is 20.1 Å². The fourth-order valence-electron chi connectivity index (χ4n) is 5.78. The zero-order chi connectivity index (χ0) is 14.8. The van der Waals surface area contributed by atoms with Crippen molar-refractivity contribution in [3.05, 3.63) is 0 Å². The molecule has 6 unspecified atom stereocenters. The topological polar surface area (TPSA) is 15.3 Å². The molecular formula is C19H36N2. The van der Waals surface area contributed by atoms with Gasteiger partial charge in [0.25, 0.3) is 0 Å². The summed E-state index contributed by atoms with van der Waals surface area (Å²) in [6, 6.07) is 1.67. The number of piperidine rings is 1. The lowest BCUT2D eigenvalue weighted by Gasteiger charge is -2.48. The van der Waals surface area contributed by atoms with Gasteiger partial charge in [0.15, 0.2) is 0 Å². The van der Waals surface area contributed by atoms with Crippen LogP contribution in [0.25, 0.3) is 0 Å². The Bertz CT molecular complexity index is 328. The Balaban J connectivity index is 1.65. The van der Waals surface area contributed by atoms with Gasteiger partial charge in [0.2, 0.25) is 0 Å². The van der Waals surface area contributed by atoms with Gasteiger partial charge in [-0.1, -0.05) is 26.7 Å². The van der Waals surface area contributed by atoms with Crippen LogP contribution in [0.5, 0.6) is 0 Å². The zero-order valence-electron chi connectivity index (χ0n) is 14.5. The molecule has 3 rings (SSSR count). The molecule has 0 amide bonds. The van der Waals surface area contributed by atoms with Gasteiger partial charge in [-0.2, -0.15) is 0 Å². The Hall–Kier alpha value is -0.0800. The second kappa shape index (κ2) is 7.00. The third-order valence-electron chi connectivity index (χ3n) is 6.85. The molecule has 1 saturated heterocycles. The van der Waals surface area contributed by atoms with Crippen LogP contribution in [0.15, 0.2) is 0 Å². The first-order chi connectivity index (χ1) is 10.2. The molecule has 0 radical (unpaired) electrons. The van der Waals surface area contributed by atoms with E-state index in [0.717, 1.165) is 35.8 Å². The maximum absolute atomic E-state index is 3.65. The van der Waals surface area contributed by atoms with E-state index in [1.807, 2.05) is 0 Å². The van der Waals surface area contributed by atoms with E-state index >= 15 is 0 Å². The minimum atomic E-state index is 0.743. The van der Waals surface area contributed by atoms with E-state index in [-0.39, 0.29) is 0 Å². The van der Waals surface area contributed by atoms with Gasteiger partial charge in [-0.3, -0.25) is 4.90 Å². The minimum Gasteiger partial charge on any atom is -0.317 e. The van der Waals surface area contributed by atoms with Gasteiger partial charge in [-0.25, -0.2) is 0 Å². The maximum atomic E-state index is 3.65. The molecule has 0 aromatic carbocycles. The van der Waals surface area contributed by atoms with Crippen molar-refractivity contribution in [2.24, 2.45) is 23.7 Å². The fraction of sp³-hybridized carbons (Fsp3) is 1.00. The summed E-state index contributed by atoms with van der Waals surface area (Å²) in [5, 5.41) is 3.65. The van der Waals surface area contributed by atoms with Crippen molar-refractivity contribution >= 4 is 0 Å². The molecule has 3 fully saturated rings. The fourth-order valence-corrected chi connectivity index (χ4v) is 5.78. The lowest BCUT2D eigenvalue weighted by molar-refractivity contribution is 0.0206. The van der Waals surface area contributed by atoms with Gasteiger partial charge < -0.3 is 5.32 Å². The smallest absolute Gasteiger partial charge is 0.0124 e. The van der Waals surface area contributed by atoms with E-state index in [9.17, 15) is 0 Å². The van der Waals surface area contributed by atoms with Crippen molar-refractivity contribution < 1.29 is 0 Å². The van der Waals surface area contributed by atoms with Crippen molar-refractivity contribution in [2.45, 2.75) is 77.3 Å². The predicted octanol–water partition coefficient (Wildman–Crippen LogP) is 3.91. The van der Waals surface area contributed by atoms with Crippen LogP contribution in [0.3, 0.4) is 0 Å². The molecule has 21 heavy (non-hydrogen) atoms. The summed E-state index contributed by atoms with van der Waals surface area (Å²) < 4.78 is 0. The van der Waals surface area contributed by atoms with Crippen LogP contribution in [0.4, 0.5) is 0 Å². The van der Waals surface area contributed by atoms with Gasteiger partial charge in [-0.15, -0.1) is 0 Å². The summed E-state index contributed by atoms with van der Waals surface area (Å²) in [5.41, 5.74) is 0. The van der Waals surface area contributed by atoms with Crippen LogP contribution in [-0.4, -0.2) is 37.1 Å². The normalized spacial score (nSPS) is 45.3. The van der Waals surface area contributed by atoms with E-state index in [2.05, 4.69) is 31.1 Å². The second-order valence-corrected chi connectivity index (χ2v) is 8.36. The molecule has 3 aliphatic rings. The van der Waals surface area contributed by atoms with E-state index in [4.69, 9.17) is 0 Å². The Morgan fingerprint density at radius 3 is 2.57 bits per heavy atom. The molecule has 0 spiro atoms. The van der Waals surface area contributed by atoms with Crippen LogP contribution >= 0.6 is 0 Å². The number of hydrogen-bond acceptors (Lipinski definition) is 2. The monoisotopic (exact) mass is 292 g/mol. The highest BCUT2D eigenvalue weighted by molar-refractivity contribution is 4.93. The van der Waals surface area contributed by atoms with Crippen molar-refractivity contribution in [3.8, 4) is 0 Å². The molecule has 0 aromatic rings. The Labute approximate surface area is 132 Å². The summed E-state index contributed by atoms with van der Waals surface area (Å²) in [6.07, 6.45) is 11.7. The summed E-state index contributed by atoms with van der Waals surface area (Å²) in [6.45, 7) is 7.68. The predicted molar refractivity (Wildman–Crippen MR) is 90.5 cm³/mol. The quantitative estimate of drug-likeness (QED) is 0.848. The molecular weight excluding hydrogens is 256 g/mol. The van der Waals surface area contributed by atoms with E-state index < -0.39 is 0 Å². The van der Waals surface area contributed by atoms with Gasteiger partial charge in [0.05, 0.1) is 0 Å². The standard InChI is InChI=1S/C19H36N2/c1-14-11-15(2)17(18(12-14)20-3)13-21-10-6-8-16-7-4-5-9-19(16)21/h14-20H,4-13H2,1-3H3. The van der Waals surface area contributed by atoms with Gasteiger partial charge >= 0.3 is 0 Å². The largest absolute Gasteiger partial charge is 0.317 e. The van der Waals surface area contributed by atoms with Crippen LogP contribution in [0, 0.1) is 23.7 Å². The summed E-state index contributed by atoms with van der Waals surface area (Å²) >= 11 is 0. The van der Waals surface area contributed by atoms with Crippen LogP contribution in [-0.2, 0) is 0 Å². The zero-order valence-corrected chi connectivity index (χ0v) is 14.5. The number of fused-ring (bicyclic) bond motifs is 1. The first kappa shape index (κ1) is 15.8. The maximum Gasteiger partial charge on any atom is 0.0124 e. The number of hydrogen-bond donors (Lipinski definition) is 1. The highest BCUT2D eigenvalue weighted by Gasteiger charge is 2.38. The molecule has 1 N–H and O–H groups in total. The minimum absolute atomic E-state index is 0.743. The lowest BCUT2D eigenvalue weighted by atomic mass is 9.71. The highest BCUT2D eigenvalue weighted by Crippen LogP contribution is 2.39. The third-order valence-corrected chi connectivity index (χ3v) is 6.85. The summed E-state index contributed by atoms with van der Waals surface area (Å²) in [7, 11) is 2.18. The van der Waals surface area contributed by atoms with Gasteiger partial charge in [0, 0.05) is 18.6 Å². The van der Waals surface area contributed by atoms with Crippen LogP contribution in [0.2, 0.25) is 0 Å². The van der Waals surface area contributed by atoms with E-state index in [0.29, 0.717) is 0 Å². The van der Waals surface area contributed by atoms with Crippen LogP contribution < -0.4 is 5.32 Å². The number of likely N-dealkylation sites (tertiary alicyclic amines) is 1. The highest BCUT2D eigenvalue weighted by atomic mass is 15.2. The van der Waals surface area contributed by atoms with Crippen molar-refractivity contribution in [1.29, 1.82) is 0 Å². The molecule has 2 saturated carbocycles. The van der Waals surface area contributed by atoms with Crippen molar-refractivity contribution in [1.82, 2.24) is 10.2 Å². The van der Waals surface area contributed by atoms with E-state index in [1.165, 1.54) is 64.5 Å². The summed E-state index contributed by atoms with van der Waals surface area (Å²) in [5.74, 6) is 3.68.